The second-order valence-corrected chi connectivity index (χ2v) is 7.48. The van der Waals surface area contributed by atoms with Gasteiger partial charge in [-0.3, -0.25) is 9.89 Å². The van der Waals surface area contributed by atoms with Crippen LogP contribution in [0.25, 0.3) is 0 Å². The second-order valence-electron chi connectivity index (χ2n) is 7.48. The summed E-state index contributed by atoms with van der Waals surface area (Å²) in [6.45, 7) is 8.83. The molecule has 0 bridgehead atoms. The smallest absolute Gasteiger partial charge is 0.193 e. The van der Waals surface area contributed by atoms with Crippen molar-refractivity contribution in [1.29, 1.82) is 0 Å². The number of likely N-dealkylation sites (tertiary alicyclic amines) is 1. The van der Waals surface area contributed by atoms with E-state index in [2.05, 4.69) is 61.4 Å². The molecule has 4 rings (SSSR count). The Labute approximate surface area is 185 Å². The summed E-state index contributed by atoms with van der Waals surface area (Å²) >= 11 is 0. The van der Waals surface area contributed by atoms with Gasteiger partial charge in [0.1, 0.15) is 0 Å². The summed E-state index contributed by atoms with van der Waals surface area (Å²) in [5.41, 5.74) is 2.58. The number of morpholine rings is 1. The van der Waals surface area contributed by atoms with Crippen molar-refractivity contribution in [3.8, 4) is 0 Å². The molecule has 28 heavy (non-hydrogen) atoms. The molecule has 154 valence electrons. The fourth-order valence-corrected chi connectivity index (χ4v) is 4.20. The highest BCUT2D eigenvalue weighted by atomic mass is 127. The molecule has 3 heterocycles. The van der Waals surface area contributed by atoms with E-state index in [1.54, 1.807) is 0 Å². The lowest BCUT2D eigenvalue weighted by molar-refractivity contribution is 0.0195. The third-order valence-electron chi connectivity index (χ3n) is 5.81. The lowest BCUT2D eigenvalue weighted by Gasteiger charge is -2.32. The number of guanidine groups is 1. The number of nitrogens with one attached hydrogen (secondary N) is 1. The monoisotopic (exact) mass is 497 g/mol. The number of anilines is 1. The molecule has 1 atom stereocenters. The van der Waals surface area contributed by atoms with Crippen molar-refractivity contribution in [1.82, 2.24) is 15.1 Å². The molecule has 2 saturated heterocycles. The van der Waals surface area contributed by atoms with Gasteiger partial charge in [0.15, 0.2) is 5.96 Å². The third-order valence-corrected chi connectivity index (χ3v) is 5.81. The standard InChI is InChI=1S/C21H31N5O.HI/c1-22-21(26-11-8-20(17-26)25-12-14-27-15-13-25)23-16-18-4-6-19(7-5-18)24-9-2-3-10-24;/h2-7,20H,8-17H2,1H3,(H,22,23);1H. The van der Waals surface area contributed by atoms with Crippen molar-refractivity contribution in [2.24, 2.45) is 4.99 Å². The summed E-state index contributed by atoms with van der Waals surface area (Å²) in [7, 11) is 1.88. The van der Waals surface area contributed by atoms with E-state index in [-0.39, 0.29) is 24.0 Å². The van der Waals surface area contributed by atoms with E-state index in [1.165, 1.54) is 17.7 Å². The number of aliphatic imine (C=N–C) groups is 1. The van der Waals surface area contributed by atoms with Crippen LogP contribution in [0, 0.1) is 0 Å². The maximum Gasteiger partial charge on any atom is 0.193 e. The first-order chi connectivity index (χ1) is 13.3. The Hall–Kier alpha value is -1.32. The van der Waals surface area contributed by atoms with Crippen LogP contribution in [-0.2, 0) is 11.3 Å². The first-order valence-corrected chi connectivity index (χ1v) is 10.1. The molecule has 1 aromatic rings. The summed E-state index contributed by atoms with van der Waals surface area (Å²) in [4.78, 5) is 11.8. The molecule has 3 aliphatic rings. The molecule has 0 aromatic heterocycles. The van der Waals surface area contributed by atoms with Crippen molar-refractivity contribution in [2.75, 3.05) is 64.4 Å². The number of hydrogen-bond acceptors (Lipinski definition) is 4. The molecule has 0 amide bonds. The van der Waals surface area contributed by atoms with Gasteiger partial charge in [-0.05, 0) is 24.1 Å². The number of benzene rings is 1. The van der Waals surface area contributed by atoms with E-state index in [0.717, 1.165) is 65.0 Å². The van der Waals surface area contributed by atoms with Gasteiger partial charge in [0.05, 0.1) is 13.2 Å². The van der Waals surface area contributed by atoms with Gasteiger partial charge < -0.3 is 19.9 Å². The lowest BCUT2D eigenvalue weighted by Crippen LogP contribution is -2.46. The molecule has 0 radical (unpaired) electrons. The molecule has 0 spiro atoms. The maximum atomic E-state index is 5.49. The highest BCUT2D eigenvalue weighted by Gasteiger charge is 2.30. The minimum atomic E-state index is 0. The molecule has 7 heteroatoms. The normalized spacial score (nSPS) is 23.2. The van der Waals surface area contributed by atoms with E-state index < -0.39 is 0 Å². The zero-order valence-corrected chi connectivity index (χ0v) is 19.0. The molecule has 6 nitrogen and oxygen atoms in total. The van der Waals surface area contributed by atoms with E-state index in [4.69, 9.17) is 4.74 Å². The Morgan fingerprint density at radius 2 is 1.82 bits per heavy atom. The molecule has 1 aromatic carbocycles. The second kappa shape index (κ2) is 10.5. The third kappa shape index (κ3) is 5.18. The Kier molecular flexibility index (Phi) is 7.99. The van der Waals surface area contributed by atoms with Crippen LogP contribution in [0.3, 0.4) is 0 Å². The van der Waals surface area contributed by atoms with Crippen molar-refractivity contribution in [2.45, 2.75) is 19.0 Å². The summed E-state index contributed by atoms with van der Waals surface area (Å²) < 4.78 is 5.49. The topological polar surface area (TPSA) is 43.3 Å². The van der Waals surface area contributed by atoms with Gasteiger partial charge >= 0.3 is 0 Å². The Morgan fingerprint density at radius 3 is 2.50 bits per heavy atom. The Bertz CT molecular complexity index is 664. The molecule has 2 fully saturated rings. The average molecular weight is 497 g/mol. The van der Waals surface area contributed by atoms with Crippen molar-refractivity contribution in [3.63, 3.8) is 0 Å². The summed E-state index contributed by atoms with van der Waals surface area (Å²) in [6.07, 6.45) is 5.65. The van der Waals surface area contributed by atoms with Gasteiger partial charge in [0.2, 0.25) is 0 Å². The fourth-order valence-electron chi connectivity index (χ4n) is 4.20. The van der Waals surface area contributed by atoms with Crippen LogP contribution in [0.1, 0.15) is 12.0 Å². The van der Waals surface area contributed by atoms with Crippen LogP contribution in [0.4, 0.5) is 5.69 Å². The Balaban J connectivity index is 0.00000225. The first-order valence-electron chi connectivity index (χ1n) is 10.1. The van der Waals surface area contributed by atoms with Gasteiger partial charge in [-0.25, -0.2) is 0 Å². The highest BCUT2D eigenvalue weighted by Crippen LogP contribution is 2.19. The van der Waals surface area contributed by atoms with Crippen LogP contribution in [0.2, 0.25) is 0 Å². The molecule has 0 aliphatic carbocycles. The van der Waals surface area contributed by atoms with Crippen LogP contribution < -0.4 is 10.2 Å². The summed E-state index contributed by atoms with van der Waals surface area (Å²) in [5.74, 6) is 1.01. The van der Waals surface area contributed by atoms with Crippen LogP contribution in [0.5, 0.6) is 0 Å². The lowest BCUT2D eigenvalue weighted by atomic mass is 10.2. The first kappa shape index (κ1) is 21.4. The van der Waals surface area contributed by atoms with E-state index >= 15 is 0 Å². The van der Waals surface area contributed by atoms with Crippen LogP contribution in [0.15, 0.2) is 41.4 Å². The predicted octanol–water partition coefficient (Wildman–Crippen LogP) is 2.16. The van der Waals surface area contributed by atoms with Crippen molar-refractivity contribution < 1.29 is 4.74 Å². The zero-order chi connectivity index (χ0) is 18.5. The molecular weight excluding hydrogens is 465 g/mol. The van der Waals surface area contributed by atoms with E-state index in [0.29, 0.717) is 6.04 Å². The number of hydrogen-bond donors (Lipinski definition) is 1. The highest BCUT2D eigenvalue weighted by molar-refractivity contribution is 14.0. The van der Waals surface area contributed by atoms with Crippen molar-refractivity contribution >= 4 is 35.6 Å². The minimum absolute atomic E-state index is 0. The predicted molar refractivity (Wildman–Crippen MR) is 126 cm³/mol. The number of rotatable bonds is 4. The van der Waals surface area contributed by atoms with E-state index in [1.807, 2.05) is 7.05 Å². The summed E-state index contributed by atoms with van der Waals surface area (Å²) in [6, 6.07) is 9.50. The average Bonchev–Trinajstić information content (AvgIpc) is 3.42. The molecular formula is C21H32IN5O. The number of ether oxygens (including phenoxy) is 1. The van der Waals surface area contributed by atoms with Gasteiger partial charge in [0, 0.05) is 64.6 Å². The molecule has 3 aliphatic heterocycles. The minimum Gasteiger partial charge on any atom is -0.379 e. The number of halogens is 1. The fraction of sp³-hybridized carbons (Fsp3) is 0.571. The van der Waals surface area contributed by atoms with Gasteiger partial charge in [0.25, 0.3) is 0 Å². The maximum absolute atomic E-state index is 5.49. The van der Waals surface area contributed by atoms with Crippen LogP contribution in [-0.4, -0.2) is 81.3 Å². The van der Waals surface area contributed by atoms with Gasteiger partial charge in [-0.2, -0.15) is 0 Å². The molecule has 1 N–H and O–H groups in total. The van der Waals surface area contributed by atoms with Gasteiger partial charge in [-0.15, -0.1) is 24.0 Å². The molecule has 0 saturated carbocycles. The van der Waals surface area contributed by atoms with Crippen LogP contribution >= 0.6 is 24.0 Å². The van der Waals surface area contributed by atoms with Gasteiger partial charge in [-0.1, -0.05) is 24.3 Å². The SMILES string of the molecule is CN=C(NCc1ccc(N2CC=CC2)cc1)N1CCC(N2CCOCC2)C1.I. The summed E-state index contributed by atoms with van der Waals surface area (Å²) in [5, 5.41) is 3.55. The van der Waals surface area contributed by atoms with E-state index in [9.17, 15) is 0 Å². The quantitative estimate of drug-likeness (QED) is 0.299. The zero-order valence-electron chi connectivity index (χ0n) is 16.7. The number of nitrogens with zero attached hydrogens (tertiary/aromatic N) is 4. The Morgan fingerprint density at radius 1 is 1.11 bits per heavy atom. The molecule has 1 unspecified atom stereocenters. The van der Waals surface area contributed by atoms with Crippen molar-refractivity contribution in [3.05, 3.63) is 42.0 Å². The largest absolute Gasteiger partial charge is 0.379 e.